The van der Waals surface area contributed by atoms with Gasteiger partial charge >= 0.3 is 0 Å². The number of thiocarbonyl (C=S) groups is 1. The number of pyridine rings is 1. The molecule has 2 aromatic rings. The number of benzene rings is 1. The number of rotatable bonds is 6. The second-order valence-corrected chi connectivity index (χ2v) is 7.96. The molecule has 4 nitrogen and oxygen atoms in total. The van der Waals surface area contributed by atoms with Gasteiger partial charge in [0, 0.05) is 25.0 Å². The number of hydrogen-bond acceptors (Lipinski definition) is 3. The standard InChI is InChI=1S/C23H31N3OS/c1-18(20-9-11-22(27-2)12-10-20)26(17-19-13-15-24-16-14-19)23(28)25-21-7-5-3-4-6-8-21/h9-16,18,21H,3-8,17H2,1-2H3,(H,25,28)/t18-/m1/s1. The Morgan fingerprint density at radius 2 is 1.75 bits per heavy atom. The highest BCUT2D eigenvalue weighted by atomic mass is 32.1. The van der Waals surface area contributed by atoms with Gasteiger partial charge in [-0.2, -0.15) is 0 Å². The van der Waals surface area contributed by atoms with Crippen molar-refractivity contribution in [2.75, 3.05) is 7.11 Å². The molecule has 0 aliphatic heterocycles. The van der Waals surface area contributed by atoms with E-state index in [1.165, 1.54) is 49.7 Å². The molecular weight excluding hydrogens is 366 g/mol. The predicted molar refractivity (Wildman–Crippen MR) is 118 cm³/mol. The van der Waals surface area contributed by atoms with Crippen molar-refractivity contribution in [3.63, 3.8) is 0 Å². The van der Waals surface area contributed by atoms with Crippen molar-refractivity contribution in [2.45, 2.75) is 64.1 Å². The number of nitrogens with one attached hydrogen (secondary N) is 1. The molecule has 0 saturated heterocycles. The van der Waals surface area contributed by atoms with Gasteiger partial charge in [0.15, 0.2) is 5.11 Å². The van der Waals surface area contributed by atoms with Crippen molar-refractivity contribution in [1.29, 1.82) is 0 Å². The molecule has 3 rings (SSSR count). The summed E-state index contributed by atoms with van der Waals surface area (Å²) in [6.45, 7) is 2.97. The van der Waals surface area contributed by atoms with E-state index in [1.54, 1.807) is 7.11 Å². The van der Waals surface area contributed by atoms with Gasteiger partial charge in [-0.1, -0.05) is 37.8 Å². The molecule has 1 N–H and O–H groups in total. The van der Waals surface area contributed by atoms with E-state index in [0.29, 0.717) is 6.04 Å². The van der Waals surface area contributed by atoms with Crippen molar-refractivity contribution >= 4 is 17.3 Å². The maximum Gasteiger partial charge on any atom is 0.169 e. The lowest BCUT2D eigenvalue weighted by atomic mass is 10.1. The van der Waals surface area contributed by atoms with Crippen LogP contribution in [-0.2, 0) is 6.54 Å². The van der Waals surface area contributed by atoms with Gasteiger partial charge in [0.25, 0.3) is 0 Å². The molecule has 1 heterocycles. The molecule has 0 bridgehead atoms. The van der Waals surface area contributed by atoms with Crippen molar-refractivity contribution < 1.29 is 4.74 Å². The average Bonchev–Trinajstić information content (AvgIpc) is 3.01. The van der Waals surface area contributed by atoms with E-state index in [2.05, 4.69) is 46.4 Å². The van der Waals surface area contributed by atoms with Crippen LogP contribution in [0.2, 0.25) is 0 Å². The molecule has 1 aliphatic carbocycles. The molecule has 1 aliphatic rings. The van der Waals surface area contributed by atoms with E-state index in [9.17, 15) is 0 Å². The lowest BCUT2D eigenvalue weighted by Gasteiger charge is -2.34. The zero-order valence-corrected chi connectivity index (χ0v) is 17.8. The van der Waals surface area contributed by atoms with Crippen LogP contribution in [0.25, 0.3) is 0 Å². The summed E-state index contributed by atoms with van der Waals surface area (Å²) < 4.78 is 5.31. The molecule has 0 amide bonds. The highest BCUT2D eigenvalue weighted by Gasteiger charge is 2.22. The third-order valence-corrected chi connectivity index (χ3v) is 5.96. The number of hydrogen-bond donors (Lipinski definition) is 1. The summed E-state index contributed by atoms with van der Waals surface area (Å²) in [5.41, 5.74) is 2.43. The quantitative estimate of drug-likeness (QED) is 0.532. The molecule has 0 spiro atoms. The Morgan fingerprint density at radius 1 is 1.11 bits per heavy atom. The molecule has 1 atom stereocenters. The summed E-state index contributed by atoms with van der Waals surface area (Å²) in [7, 11) is 1.69. The SMILES string of the molecule is COc1ccc([C@@H](C)N(Cc2ccncc2)C(=S)NC2CCCCCC2)cc1. The zero-order chi connectivity index (χ0) is 19.8. The molecule has 1 aromatic carbocycles. The van der Waals surface area contributed by atoms with Crippen LogP contribution in [0.1, 0.15) is 62.6 Å². The summed E-state index contributed by atoms with van der Waals surface area (Å²) in [6, 6.07) is 13.0. The molecule has 0 radical (unpaired) electrons. The molecule has 150 valence electrons. The number of methoxy groups -OCH3 is 1. The van der Waals surface area contributed by atoms with Gasteiger partial charge < -0.3 is 15.0 Å². The smallest absolute Gasteiger partial charge is 0.169 e. The summed E-state index contributed by atoms with van der Waals surface area (Å²) in [4.78, 5) is 6.43. The second kappa shape index (κ2) is 10.4. The Balaban J connectivity index is 1.77. The monoisotopic (exact) mass is 397 g/mol. The lowest BCUT2D eigenvalue weighted by Crippen LogP contribution is -2.45. The molecular formula is C23H31N3OS. The summed E-state index contributed by atoms with van der Waals surface area (Å²) in [5.74, 6) is 0.871. The maximum atomic E-state index is 5.90. The Bertz CT molecular complexity index is 727. The van der Waals surface area contributed by atoms with E-state index in [1.807, 2.05) is 24.5 Å². The van der Waals surface area contributed by atoms with Crippen LogP contribution in [-0.4, -0.2) is 28.1 Å². The van der Waals surface area contributed by atoms with Crippen molar-refractivity contribution in [3.05, 3.63) is 59.9 Å². The van der Waals surface area contributed by atoms with E-state index >= 15 is 0 Å². The minimum atomic E-state index is 0.157. The van der Waals surface area contributed by atoms with Crippen molar-refractivity contribution in [1.82, 2.24) is 15.2 Å². The minimum Gasteiger partial charge on any atom is -0.497 e. The van der Waals surface area contributed by atoms with Crippen LogP contribution in [0.15, 0.2) is 48.8 Å². The molecule has 5 heteroatoms. The van der Waals surface area contributed by atoms with E-state index in [4.69, 9.17) is 17.0 Å². The third kappa shape index (κ3) is 5.68. The van der Waals surface area contributed by atoms with Gasteiger partial charge in [-0.3, -0.25) is 4.98 Å². The summed E-state index contributed by atoms with van der Waals surface area (Å²) in [5, 5.41) is 4.51. The number of ether oxygens (including phenoxy) is 1. The number of aromatic nitrogens is 1. The van der Waals surface area contributed by atoms with Crippen LogP contribution in [0.4, 0.5) is 0 Å². The van der Waals surface area contributed by atoms with Crippen molar-refractivity contribution in [3.8, 4) is 5.75 Å². The highest BCUT2D eigenvalue weighted by Crippen LogP contribution is 2.25. The summed E-state index contributed by atoms with van der Waals surface area (Å²) in [6.07, 6.45) is 11.4. The first-order valence-electron chi connectivity index (χ1n) is 10.3. The Hall–Kier alpha value is -2.14. The Labute approximate surface area is 174 Å². The molecule has 0 unspecified atom stereocenters. The maximum absolute atomic E-state index is 5.90. The fraction of sp³-hybridized carbons (Fsp3) is 0.478. The fourth-order valence-electron chi connectivity index (χ4n) is 3.81. The molecule has 1 saturated carbocycles. The fourth-order valence-corrected chi connectivity index (χ4v) is 4.20. The molecule has 1 aromatic heterocycles. The largest absolute Gasteiger partial charge is 0.497 e. The van der Waals surface area contributed by atoms with Gasteiger partial charge in [0.2, 0.25) is 0 Å². The van der Waals surface area contributed by atoms with Gasteiger partial charge in [0.05, 0.1) is 13.2 Å². The van der Waals surface area contributed by atoms with Gasteiger partial charge in [0.1, 0.15) is 5.75 Å². The Kier molecular flexibility index (Phi) is 7.66. The van der Waals surface area contributed by atoms with Crippen LogP contribution in [0.5, 0.6) is 5.75 Å². The molecule has 28 heavy (non-hydrogen) atoms. The van der Waals surface area contributed by atoms with Crippen LogP contribution < -0.4 is 10.1 Å². The van der Waals surface area contributed by atoms with Crippen molar-refractivity contribution in [2.24, 2.45) is 0 Å². The van der Waals surface area contributed by atoms with E-state index in [0.717, 1.165) is 17.4 Å². The lowest BCUT2D eigenvalue weighted by molar-refractivity contribution is 0.317. The third-order valence-electron chi connectivity index (χ3n) is 5.61. The number of nitrogens with zero attached hydrogens (tertiary/aromatic N) is 2. The predicted octanol–water partition coefficient (Wildman–Crippen LogP) is 5.25. The topological polar surface area (TPSA) is 37.4 Å². The van der Waals surface area contributed by atoms with Gasteiger partial charge in [-0.05, 0) is 67.4 Å². The van der Waals surface area contributed by atoms with E-state index < -0.39 is 0 Å². The first-order chi connectivity index (χ1) is 13.7. The highest BCUT2D eigenvalue weighted by molar-refractivity contribution is 7.80. The average molecular weight is 398 g/mol. The minimum absolute atomic E-state index is 0.157. The van der Waals surface area contributed by atoms with E-state index in [-0.39, 0.29) is 6.04 Å². The van der Waals surface area contributed by atoms with Crippen LogP contribution in [0, 0.1) is 0 Å². The molecule has 1 fully saturated rings. The van der Waals surface area contributed by atoms with Crippen LogP contribution >= 0.6 is 12.2 Å². The van der Waals surface area contributed by atoms with Gasteiger partial charge in [-0.25, -0.2) is 0 Å². The Morgan fingerprint density at radius 3 is 2.36 bits per heavy atom. The first-order valence-corrected chi connectivity index (χ1v) is 10.7. The first kappa shape index (κ1) is 20.6. The summed E-state index contributed by atoms with van der Waals surface area (Å²) >= 11 is 5.90. The van der Waals surface area contributed by atoms with Crippen LogP contribution in [0.3, 0.4) is 0 Å². The van der Waals surface area contributed by atoms with Gasteiger partial charge in [-0.15, -0.1) is 0 Å². The zero-order valence-electron chi connectivity index (χ0n) is 16.9. The second-order valence-electron chi connectivity index (χ2n) is 7.57. The normalized spacial score (nSPS) is 16.1.